The fourth-order valence-electron chi connectivity index (χ4n) is 2.11. The van der Waals surface area contributed by atoms with Gasteiger partial charge in [0.2, 0.25) is 0 Å². The monoisotopic (exact) mass is 267 g/mol. The Bertz CT molecular complexity index is 422. The molecule has 1 aromatic rings. The standard InChI is InChI=1S/C14H21NO4/c1-9-6-11(19-3)7-10(2)14(9)12(16)8-15-5-4-13(17)18/h6-7,12,15-16H,4-5,8H2,1-3H3,(H,17,18). The van der Waals surface area contributed by atoms with Crippen LogP contribution in [0.15, 0.2) is 12.1 Å². The second-order valence-corrected chi connectivity index (χ2v) is 4.54. The molecule has 3 N–H and O–H groups in total. The number of ether oxygens (including phenoxy) is 1. The lowest BCUT2D eigenvalue weighted by molar-refractivity contribution is -0.136. The van der Waals surface area contributed by atoms with E-state index in [1.165, 1.54) is 0 Å². The van der Waals surface area contributed by atoms with Crippen molar-refractivity contribution in [2.45, 2.75) is 26.4 Å². The van der Waals surface area contributed by atoms with Gasteiger partial charge in [0.05, 0.1) is 19.6 Å². The van der Waals surface area contributed by atoms with E-state index in [0.29, 0.717) is 13.1 Å². The molecule has 0 aromatic heterocycles. The molecule has 1 unspecified atom stereocenters. The van der Waals surface area contributed by atoms with Gasteiger partial charge in [0, 0.05) is 13.1 Å². The number of benzene rings is 1. The molecule has 0 spiro atoms. The molecule has 5 nitrogen and oxygen atoms in total. The van der Waals surface area contributed by atoms with Gasteiger partial charge in [-0.1, -0.05) is 0 Å². The van der Waals surface area contributed by atoms with E-state index in [1.807, 2.05) is 26.0 Å². The molecule has 19 heavy (non-hydrogen) atoms. The van der Waals surface area contributed by atoms with Gasteiger partial charge < -0.3 is 20.3 Å². The molecule has 5 heteroatoms. The molecule has 0 saturated heterocycles. The van der Waals surface area contributed by atoms with E-state index < -0.39 is 12.1 Å². The van der Waals surface area contributed by atoms with Crippen molar-refractivity contribution >= 4 is 5.97 Å². The summed E-state index contributed by atoms with van der Waals surface area (Å²) in [6.45, 7) is 4.53. The predicted molar refractivity (Wildman–Crippen MR) is 72.6 cm³/mol. The third-order valence-corrected chi connectivity index (χ3v) is 2.99. The summed E-state index contributed by atoms with van der Waals surface area (Å²) in [4.78, 5) is 10.4. The van der Waals surface area contributed by atoms with Gasteiger partial charge in [0.25, 0.3) is 0 Å². The minimum Gasteiger partial charge on any atom is -0.497 e. The number of aliphatic carboxylic acids is 1. The molecular weight excluding hydrogens is 246 g/mol. The number of rotatable bonds is 7. The average molecular weight is 267 g/mol. The maximum atomic E-state index is 10.4. The molecule has 1 aromatic carbocycles. The van der Waals surface area contributed by atoms with Gasteiger partial charge in [-0.2, -0.15) is 0 Å². The van der Waals surface area contributed by atoms with Crippen LogP contribution >= 0.6 is 0 Å². The summed E-state index contributed by atoms with van der Waals surface area (Å²) in [6.07, 6.45) is -0.604. The van der Waals surface area contributed by atoms with Gasteiger partial charge >= 0.3 is 5.97 Å². The molecule has 106 valence electrons. The zero-order chi connectivity index (χ0) is 14.4. The zero-order valence-electron chi connectivity index (χ0n) is 11.6. The number of aliphatic hydroxyl groups excluding tert-OH is 1. The number of nitrogens with one attached hydrogen (secondary N) is 1. The largest absolute Gasteiger partial charge is 0.497 e. The van der Waals surface area contributed by atoms with Crippen LogP contribution in [0.3, 0.4) is 0 Å². The zero-order valence-corrected chi connectivity index (χ0v) is 11.6. The lowest BCUT2D eigenvalue weighted by Crippen LogP contribution is -2.25. The first-order chi connectivity index (χ1) is 8.95. The Labute approximate surface area is 113 Å². The minimum atomic E-state index is -0.848. The Morgan fingerprint density at radius 3 is 2.42 bits per heavy atom. The Kier molecular flexibility index (Phi) is 5.79. The van der Waals surface area contributed by atoms with Crippen molar-refractivity contribution in [1.29, 1.82) is 0 Å². The fourth-order valence-corrected chi connectivity index (χ4v) is 2.11. The third kappa shape index (κ3) is 4.54. The SMILES string of the molecule is COc1cc(C)c(C(O)CNCCC(=O)O)c(C)c1. The van der Waals surface area contributed by atoms with E-state index in [0.717, 1.165) is 22.4 Å². The van der Waals surface area contributed by atoms with Crippen molar-refractivity contribution in [2.24, 2.45) is 0 Å². The second-order valence-electron chi connectivity index (χ2n) is 4.54. The number of hydrogen-bond donors (Lipinski definition) is 3. The molecule has 1 rings (SSSR count). The van der Waals surface area contributed by atoms with E-state index in [2.05, 4.69) is 5.32 Å². The molecule has 0 amide bonds. The quantitative estimate of drug-likeness (QED) is 0.651. The topological polar surface area (TPSA) is 78.8 Å². The van der Waals surface area contributed by atoms with Crippen LogP contribution in [0.25, 0.3) is 0 Å². The first kappa shape index (κ1) is 15.5. The molecular formula is C14H21NO4. The molecule has 0 aliphatic carbocycles. The van der Waals surface area contributed by atoms with Crippen molar-refractivity contribution in [3.05, 3.63) is 28.8 Å². The molecule has 1 atom stereocenters. The molecule has 0 heterocycles. The Morgan fingerprint density at radius 1 is 1.37 bits per heavy atom. The van der Waals surface area contributed by atoms with Crippen LogP contribution in [0.4, 0.5) is 0 Å². The summed E-state index contributed by atoms with van der Waals surface area (Å²) in [5, 5.41) is 21.6. The summed E-state index contributed by atoms with van der Waals surface area (Å²) in [5.74, 6) is -0.0800. The second kappa shape index (κ2) is 7.11. The molecule has 0 fully saturated rings. The van der Waals surface area contributed by atoms with Gasteiger partial charge in [-0.25, -0.2) is 0 Å². The van der Waals surface area contributed by atoms with Gasteiger partial charge in [-0.05, 0) is 42.7 Å². The van der Waals surface area contributed by atoms with Crippen molar-refractivity contribution < 1.29 is 19.7 Å². The van der Waals surface area contributed by atoms with Crippen LogP contribution < -0.4 is 10.1 Å². The van der Waals surface area contributed by atoms with E-state index in [4.69, 9.17) is 9.84 Å². The van der Waals surface area contributed by atoms with Crippen LogP contribution in [0, 0.1) is 13.8 Å². The molecule has 0 aliphatic rings. The van der Waals surface area contributed by atoms with Crippen LogP contribution in [0.2, 0.25) is 0 Å². The minimum absolute atomic E-state index is 0.0489. The maximum Gasteiger partial charge on any atom is 0.304 e. The normalized spacial score (nSPS) is 12.2. The summed E-state index contributed by atoms with van der Waals surface area (Å²) in [5.41, 5.74) is 2.79. The van der Waals surface area contributed by atoms with Gasteiger partial charge in [0.1, 0.15) is 5.75 Å². The van der Waals surface area contributed by atoms with Gasteiger partial charge in [-0.15, -0.1) is 0 Å². The van der Waals surface area contributed by atoms with Crippen molar-refractivity contribution in [3.63, 3.8) is 0 Å². The third-order valence-electron chi connectivity index (χ3n) is 2.99. The summed E-state index contributed by atoms with van der Waals surface area (Å²) in [7, 11) is 1.61. The van der Waals surface area contributed by atoms with Crippen LogP contribution in [-0.4, -0.2) is 36.4 Å². The highest BCUT2D eigenvalue weighted by Crippen LogP contribution is 2.26. The van der Waals surface area contributed by atoms with E-state index in [9.17, 15) is 9.90 Å². The fraction of sp³-hybridized carbons (Fsp3) is 0.500. The van der Waals surface area contributed by atoms with Crippen molar-refractivity contribution in [3.8, 4) is 5.75 Å². The van der Waals surface area contributed by atoms with E-state index >= 15 is 0 Å². The number of carbonyl (C=O) groups is 1. The van der Waals surface area contributed by atoms with E-state index in [1.54, 1.807) is 7.11 Å². The number of carboxylic acid groups (broad SMARTS) is 1. The summed E-state index contributed by atoms with van der Waals surface area (Å²) in [6, 6.07) is 3.76. The molecule has 0 aliphatic heterocycles. The number of methoxy groups -OCH3 is 1. The van der Waals surface area contributed by atoms with E-state index in [-0.39, 0.29) is 6.42 Å². The summed E-state index contributed by atoms with van der Waals surface area (Å²) >= 11 is 0. The molecule has 0 saturated carbocycles. The number of carboxylic acids is 1. The van der Waals surface area contributed by atoms with Crippen LogP contribution in [0.5, 0.6) is 5.75 Å². The molecule has 0 radical (unpaired) electrons. The maximum absolute atomic E-state index is 10.4. The van der Waals surface area contributed by atoms with Gasteiger partial charge in [-0.3, -0.25) is 4.79 Å². The number of aliphatic hydroxyl groups is 1. The number of hydrogen-bond acceptors (Lipinski definition) is 4. The first-order valence-electron chi connectivity index (χ1n) is 6.21. The number of aryl methyl sites for hydroxylation is 2. The first-order valence-corrected chi connectivity index (χ1v) is 6.21. The van der Waals surface area contributed by atoms with Crippen LogP contribution in [-0.2, 0) is 4.79 Å². The van der Waals surface area contributed by atoms with Gasteiger partial charge in [0.15, 0.2) is 0 Å². The highest BCUT2D eigenvalue weighted by atomic mass is 16.5. The Hall–Kier alpha value is -1.59. The smallest absolute Gasteiger partial charge is 0.304 e. The Morgan fingerprint density at radius 2 is 1.95 bits per heavy atom. The van der Waals surface area contributed by atoms with Crippen molar-refractivity contribution in [1.82, 2.24) is 5.32 Å². The molecule has 0 bridgehead atoms. The predicted octanol–water partition coefficient (Wildman–Crippen LogP) is 1.41. The lowest BCUT2D eigenvalue weighted by atomic mass is 9.97. The average Bonchev–Trinajstić information content (AvgIpc) is 2.33. The van der Waals surface area contributed by atoms with Crippen LogP contribution in [0.1, 0.15) is 29.2 Å². The summed E-state index contributed by atoms with van der Waals surface area (Å²) < 4.78 is 5.17. The lowest BCUT2D eigenvalue weighted by Gasteiger charge is -2.18. The highest BCUT2D eigenvalue weighted by Gasteiger charge is 2.14. The van der Waals surface area contributed by atoms with Crippen molar-refractivity contribution in [2.75, 3.05) is 20.2 Å². The Balaban J connectivity index is 2.66. The highest BCUT2D eigenvalue weighted by molar-refractivity contribution is 5.66.